The zero-order chi connectivity index (χ0) is 19.0. The number of hydrogen-bond acceptors (Lipinski definition) is 4. The Morgan fingerprint density at radius 1 is 0.962 bits per heavy atom. The van der Waals surface area contributed by atoms with Crippen molar-refractivity contribution in [2.24, 2.45) is 0 Å². The lowest BCUT2D eigenvalue weighted by molar-refractivity contribution is 0.408. The minimum absolute atomic E-state index is 0.00415. The van der Waals surface area contributed by atoms with Gasteiger partial charge in [-0.25, -0.2) is 0 Å². The third kappa shape index (κ3) is 6.04. The van der Waals surface area contributed by atoms with Crippen LogP contribution in [0, 0.1) is 0 Å². The molecule has 0 amide bonds. The zero-order valence-corrected chi connectivity index (χ0v) is 15.8. The molecule has 0 spiro atoms. The summed E-state index contributed by atoms with van der Waals surface area (Å²) in [6, 6.07) is 11.3. The van der Waals surface area contributed by atoms with Gasteiger partial charge in [0.1, 0.15) is 10.6 Å². The van der Waals surface area contributed by atoms with Crippen LogP contribution in [-0.2, 0) is 16.5 Å². The smallest absolute Gasteiger partial charge is 0.294 e. The van der Waals surface area contributed by atoms with E-state index in [4.69, 9.17) is 4.74 Å². The molecule has 26 heavy (non-hydrogen) atoms. The van der Waals surface area contributed by atoms with Gasteiger partial charge in [0.2, 0.25) is 0 Å². The minimum Gasteiger partial charge on any atom is -0.504 e. The van der Waals surface area contributed by atoms with Crippen LogP contribution in [0.1, 0.15) is 51.0 Å². The molecule has 5 nitrogen and oxygen atoms in total. The van der Waals surface area contributed by atoms with Gasteiger partial charge in [0.15, 0.2) is 11.5 Å². The van der Waals surface area contributed by atoms with Crippen LogP contribution in [0.3, 0.4) is 0 Å². The molecule has 0 saturated heterocycles. The molecule has 2 N–H and O–H groups in total. The molecule has 0 saturated carbocycles. The van der Waals surface area contributed by atoms with Crippen molar-refractivity contribution in [2.45, 2.75) is 56.8 Å². The van der Waals surface area contributed by atoms with Gasteiger partial charge < -0.3 is 9.84 Å². The number of aromatic hydroxyl groups is 1. The van der Waals surface area contributed by atoms with Gasteiger partial charge in [-0.15, -0.1) is 0 Å². The summed E-state index contributed by atoms with van der Waals surface area (Å²) in [6.45, 7) is 2.15. The van der Waals surface area contributed by atoms with Crippen LogP contribution in [0.15, 0.2) is 47.4 Å². The van der Waals surface area contributed by atoms with E-state index in [0.29, 0.717) is 17.7 Å². The van der Waals surface area contributed by atoms with Crippen LogP contribution in [0.25, 0.3) is 0 Å². The quantitative estimate of drug-likeness (QED) is 0.431. The van der Waals surface area contributed by atoms with Crippen LogP contribution in [0.5, 0.6) is 17.2 Å². The maximum atomic E-state index is 11.8. The molecule has 6 heteroatoms. The number of rotatable bonds is 10. The van der Waals surface area contributed by atoms with E-state index < -0.39 is 10.1 Å². The lowest BCUT2D eigenvalue weighted by atomic mass is 10.0. The van der Waals surface area contributed by atoms with E-state index in [2.05, 4.69) is 6.92 Å². The van der Waals surface area contributed by atoms with Gasteiger partial charge in [0.05, 0.1) is 0 Å². The number of benzene rings is 2. The van der Waals surface area contributed by atoms with Crippen LogP contribution in [-0.4, -0.2) is 18.1 Å². The third-order valence-corrected chi connectivity index (χ3v) is 5.13. The van der Waals surface area contributed by atoms with Gasteiger partial charge in [-0.2, -0.15) is 8.42 Å². The van der Waals surface area contributed by atoms with E-state index in [0.717, 1.165) is 25.7 Å². The average molecular weight is 378 g/mol. The molecule has 0 heterocycles. The third-order valence-electron chi connectivity index (χ3n) is 4.19. The molecular formula is C20H26O5S. The van der Waals surface area contributed by atoms with E-state index in [1.54, 1.807) is 24.3 Å². The molecule has 0 fully saturated rings. The highest BCUT2D eigenvalue weighted by Crippen LogP contribution is 2.35. The number of unbranched alkanes of at least 4 members (excludes halogenated alkanes) is 5. The van der Waals surface area contributed by atoms with Gasteiger partial charge in [0.25, 0.3) is 10.1 Å². The Morgan fingerprint density at radius 3 is 2.27 bits per heavy atom. The maximum absolute atomic E-state index is 11.8. The minimum atomic E-state index is -4.41. The standard InChI is InChI=1S/C20H26O5S/c1-2-3-4-5-6-8-11-16-14-18(21)19(15-20(16)26(22,23)24)25-17-12-9-7-10-13-17/h7,9-10,12-15,21H,2-6,8,11H2,1H3,(H,22,23,24). The fourth-order valence-corrected chi connectivity index (χ4v) is 3.57. The summed E-state index contributed by atoms with van der Waals surface area (Å²) in [5.74, 6) is 0.311. The molecule has 0 aliphatic rings. The summed E-state index contributed by atoms with van der Waals surface area (Å²) < 4.78 is 38.6. The van der Waals surface area contributed by atoms with Gasteiger partial charge in [0, 0.05) is 6.07 Å². The summed E-state index contributed by atoms with van der Waals surface area (Å²) in [7, 11) is -4.41. The summed E-state index contributed by atoms with van der Waals surface area (Å²) >= 11 is 0. The molecule has 0 radical (unpaired) electrons. The molecular weight excluding hydrogens is 352 g/mol. The monoisotopic (exact) mass is 378 g/mol. The van der Waals surface area contributed by atoms with Gasteiger partial charge in [-0.1, -0.05) is 57.2 Å². The number of phenols is 1. The average Bonchev–Trinajstić information content (AvgIpc) is 2.60. The lowest BCUT2D eigenvalue weighted by Crippen LogP contribution is -2.04. The lowest BCUT2D eigenvalue weighted by Gasteiger charge is -2.13. The molecule has 0 bridgehead atoms. The Kier molecular flexibility index (Phi) is 7.48. The second kappa shape index (κ2) is 9.59. The number of ether oxygens (including phenoxy) is 1. The van der Waals surface area contributed by atoms with Crippen molar-refractivity contribution in [1.82, 2.24) is 0 Å². The first-order valence-corrected chi connectivity index (χ1v) is 10.4. The van der Waals surface area contributed by atoms with Crippen molar-refractivity contribution < 1.29 is 22.8 Å². The Morgan fingerprint density at radius 2 is 1.62 bits per heavy atom. The predicted octanol–water partition coefficient (Wildman–Crippen LogP) is 5.33. The Hall–Kier alpha value is -2.05. The topological polar surface area (TPSA) is 83.8 Å². The van der Waals surface area contributed by atoms with Gasteiger partial charge in [-0.3, -0.25) is 4.55 Å². The van der Waals surface area contributed by atoms with E-state index >= 15 is 0 Å². The first-order chi connectivity index (χ1) is 12.4. The SMILES string of the molecule is CCCCCCCCc1cc(O)c(Oc2ccccc2)cc1S(=O)(=O)O. The summed E-state index contributed by atoms with van der Waals surface area (Å²) in [4.78, 5) is -0.213. The van der Waals surface area contributed by atoms with E-state index in [1.807, 2.05) is 6.07 Å². The molecule has 2 aromatic rings. The van der Waals surface area contributed by atoms with Crippen molar-refractivity contribution in [1.29, 1.82) is 0 Å². The van der Waals surface area contributed by atoms with Crippen LogP contribution < -0.4 is 4.74 Å². The first-order valence-electron chi connectivity index (χ1n) is 8.98. The maximum Gasteiger partial charge on any atom is 0.294 e. The first kappa shape index (κ1) is 20.3. The number of hydrogen-bond donors (Lipinski definition) is 2. The molecule has 2 rings (SSSR count). The Balaban J connectivity index is 2.16. The summed E-state index contributed by atoms with van der Waals surface area (Å²) in [6.07, 6.45) is 6.87. The second-order valence-electron chi connectivity index (χ2n) is 6.34. The van der Waals surface area contributed by atoms with E-state index in [9.17, 15) is 18.1 Å². The molecule has 0 unspecified atom stereocenters. The van der Waals surface area contributed by atoms with Crippen LogP contribution in [0.2, 0.25) is 0 Å². The number of phenolic OH excluding ortho intramolecular Hbond substituents is 1. The van der Waals surface area contributed by atoms with Crippen LogP contribution in [0.4, 0.5) is 0 Å². The normalized spacial score (nSPS) is 11.5. The fraction of sp³-hybridized carbons (Fsp3) is 0.400. The molecule has 0 aromatic heterocycles. The number of para-hydroxylation sites is 1. The van der Waals surface area contributed by atoms with Gasteiger partial charge >= 0.3 is 0 Å². The molecule has 2 aromatic carbocycles. The summed E-state index contributed by atoms with van der Waals surface area (Å²) in [5, 5.41) is 10.2. The van der Waals surface area contributed by atoms with E-state index in [-0.39, 0.29) is 16.4 Å². The van der Waals surface area contributed by atoms with E-state index in [1.165, 1.54) is 25.0 Å². The van der Waals surface area contributed by atoms with Gasteiger partial charge in [-0.05, 0) is 36.6 Å². The molecule has 0 aliphatic carbocycles. The van der Waals surface area contributed by atoms with Crippen LogP contribution >= 0.6 is 0 Å². The second-order valence-corrected chi connectivity index (χ2v) is 7.73. The Labute approximate surface area is 155 Å². The highest BCUT2D eigenvalue weighted by Gasteiger charge is 2.20. The molecule has 0 aliphatic heterocycles. The highest BCUT2D eigenvalue weighted by atomic mass is 32.2. The van der Waals surface area contributed by atoms with Crippen molar-refractivity contribution in [3.05, 3.63) is 48.0 Å². The highest BCUT2D eigenvalue weighted by molar-refractivity contribution is 7.85. The van der Waals surface area contributed by atoms with Crippen molar-refractivity contribution in [2.75, 3.05) is 0 Å². The predicted molar refractivity (Wildman–Crippen MR) is 102 cm³/mol. The van der Waals surface area contributed by atoms with Crippen molar-refractivity contribution >= 4 is 10.1 Å². The fourth-order valence-electron chi connectivity index (χ4n) is 2.82. The zero-order valence-electron chi connectivity index (χ0n) is 15.0. The largest absolute Gasteiger partial charge is 0.504 e. The van der Waals surface area contributed by atoms with Crippen molar-refractivity contribution in [3.8, 4) is 17.2 Å². The summed E-state index contributed by atoms with van der Waals surface area (Å²) in [5.41, 5.74) is 0.404. The molecule has 0 atom stereocenters. The number of aryl methyl sites for hydroxylation is 1. The van der Waals surface area contributed by atoms with Crippen molar-refractivity contribution in [3.63, 3.8) is 0 Å². The Bertz CT molecular complexity index is 800. The molecule has 142 valence electrons.